The minimum Gasteiger partial charge on any atom is -0.497 e. The number of amides is 1. The van der Waals surface area contributed by atoms with Gasteiger partial charge in [-0.1, -0.05) is 42.4 Å². The van der Waals surface area contributed by atoms with Crippen LogP contribution in [0.4, 0.5) is 0 Å². The largest absolute Gasteiger partial charge is 0.497 e. The summed E-state index contributed by atoms with van der Waals surface area (Å²) in [4.78, 5) is 12.4. The van der Waals surface area contributed by atoms with Gasteiger partial charge in [-0.05, 0) is 36.2 Å². The van der Waals surface area contributed by atoms with Gasteiger partial charge >= 0.3 is 0 Å². The van der Waals surface area contributed by atoms with Crippen LogP contribution in [0.3, 0.4) is 0 Å². The van der Waals surface area contributed by atoms with Crippen LogP contribution in [0.15, 0.2) is 65.2 Å². The number of hydrogen-bond acceptors (Lipinski definition) is 4. The van der Waals surface area contributed by atoms with Crippen molar-refractivity contribution in [3.8, 4) is 17.1 Å². The summed E-state index contributed by atoms with van der Waals surface area (Å²) in [6.45, 7) is 2.67. The van der Waals surface area contributed by atoms with Gasteiger partial charge in [0.15, 0.2) is 11.5 Å². The zero-order valence-corrected chi connectivity index (χ0v) is 14.9. The van der Waals surface area contributed by atoms with E-state index in [0.717, 1.165) is 17.7 Å². The highest BCUT2D eigenvalue weighted by Gasteiger charge is 2.16. The summed E-state index contributed by atoms with van der Waals surface area (Å²) in [5.41, 5.74) is 2.33. The molecule has 0 radical (unpaired) electrons. The van der Waals surface area contributed by atoms with E-state index in [9.17, 15) is 4.79 Å². The van der Waals surface area contributed by atoms with Gasteiger partial charge in [0, 0.05) is 24.1 Å². The van der Waals surface area contributed by atoms with E-state index >= 15 is 0 Å². The zero-order valence-electron chi connectivity index (χ0n) is 14.9. The molecule has 0 aliphatic heterocycles. The molecule has 26 heavy (non-hydrogen) atoms. The SMILES string of the molecule is CCC(CNC(=O)c1cc(-c2ccc(OC)cc2)on1)c1ccccc1. The fraction of sp³-hybridized carbons (Fsp3) is 0.238. The Bertz CT molecular complexity index is 841. The maximum atomic E-state index is 12.4. The molecule has 0 aliphatic carbocycles. The summed E-state index contributed by atoms with van der Waals surface area (Å²) in [6.07, 6.45) is 0.945. The highest BCUT2D eigenvalue weighted by atomic mass is 16.5. The third kappa shape index (κ3) is 4.11. The molecular weight excluding hydrogens is 328 g/mol. The number of carbonyl (C=O) groups is 1. The highest BCUT2D eigenvalue weighted by molar-refractivity contribution is 5.93. The molecular formula is C21H22N2O3. The van der Waals surface area contributed by atoms with Gasteiger partial charge in [-0.3, -0.25) is 4.79 Å². The summed E-state index contributed by atoms with van der Waals surface area (Å²) in [5.74, 6) is 1.35. The van der Waals surface area contributed by atoms with E-state index in [1.54, 1.807) is 13.2 Å². The standard InChI is InChI=1S/C21H22N2O3/c1-3-15(16-7-5-4-6-8-16)14-22-21(24)19-13-20(26-23-19)17-9-11-18(25-2)12-10-17/h4-13,15H,3,14H2,1-2H3,(H,22,24). The molecule has 0 fully saturated rings. The smallest absolute Gasteiger partial charge is 0.273 e. The van der Waals surface area contributed by atoms with E-state index in [-0.39, 0.29) is 17.5 Å². The van der Waals surface area contributed by atoms with E-state index in [4.69, 9.17) is 9.26 Å². The molecule has 0 aliphatic rings. The van der Waals surface area contributed by atoms with Gasteiger partial charge in [-0.15, -0.1) is 0 Å². The first kappa shape index (κ1) is 17.7. The molecule has 0 saturated carbocycles. The Morgan fingerprint density at radius 3 is 2.54 bits per heavy atom. The average Bonchev–Trinajstić information content (AvgIpc) is 3.19. The van der Waals surface area contributed by atoms with Crippen molar-refractivity contribution in [3.63, 3.8) is 0 Å². The summed E-state index contributed by atoms with van der Waals surface area (Å²) < 4.78 is 10.5. The minimum atomic E-state index is -0.233. The topological polar surface area (TPSA) is 64.4 Å². The van der Waals surface area contributed by atoms with Gasteiger partial charge < -0.3 is 14.6 Å². The number of methoxy groups -OCH3 is 1. The summed E-state index contributed by atoms with van der Waals surface area (Å²) in [5, 5.41) is 6.84. The summed E-state index contributed by atoms with van der Waals surface area (Å²) in [6, 6.07) is 19.2. The van der Waals surface area contributed by atoms with Crippen LogP contribution in [0.1, 0.15) is 35.3 Å². The van der Waals surface area contributed by atoms with Crippen LogP contribution in [-0.4, -0.2) is 24.7 Å². The second kappa shape index (κ2) is 8.34. The van der Waals surface area contributed by atoms with E-state index < -0.39 is 0 Å². The monoisotopic (exact) mass is 350 g/mol. The molecule has 1 aromatic heterocycles. The maximum absolute atomic E-state index is 12.4. The van der Waals surface area contributed by atoms with Gasteiger partial charge in [0.25, 0.3) is 5.91 Å². The van der Waals surface area contributed by atoms with Crippen LogP contribution in [0.5, 0.6) is 5.75 Å². The lowest BCUT2D eigenvalue weighted by Crippen LogP contribution is -2.28. The Balaban J connectivity index is 1.64. The van der Waals surface area contributed by atoms with Crippen LogP contribution < -0.4 is 10.1 Å². The molecule has 3 aromatic rings. The number of aromatic nitrogens is 1. The van der Waals surface area contributed by atoms with Gasteiger partial charge in [-0.25, -0.2) is 0 Å². The predicted octanol–water partition coefficient (Wildman–Crippen LogP) is 4.27. The van der Waals surface area contributed by atoms with Gasteiger partial charge in [-0.2, -0.15) is 0 Å². The molecule has 3 rings (SSSR count). The molecule has 0 saturated heterocycles. The molecule has 5 heteroatoms. The lowest BCUT2D eigenvalue weighted by molar-refractivity contribution is 0.0942. The van der Waals surface area contributed by atoms with Gasteiger partial charge in [0.2, 0.25) is 0 Å². The molecule has 1 unspecified atom stereocenters. The van der Waals surface area contributed by atoms with Crippen molar-refractivity contribution in [1.29, 1.82) is 0 Å². The Morgan fingerprint density at radius 2 is 1.88 bits per heavy atom. The van der Waals surface area contributed by atoms with Crippen molar-refractivity contribution < 1.29 is 14.1 Å². The van der Waals surface area contributed by atoms with E-state index in [0.29, 0.717) is 12.3 Å². The number of nitrogens with zero attached hydrogens (tertiary/aromatic N) is 1. The molecule has 5 nitrogen and oxygen atoms in total. The van der Waals surface area contributed by atoms with Crippen LogP contribution in [0.2, 0.25) is 0 Å². The minimum absolute atomic E-state index is 0.233. The van der Waals surface area contributed by atoms with Gasteiger partial charge in [0.1, 0.15) is 5.75 Å². The quantitative estimate of drug-likeness (QED) is 0.691. The fourth-order valence-electron chi connectivity index (χ4n) is 2.80. The molecule has 134 valence electrons. The van der Waals surface area contributed by atoms with E-state index in [1.165, 1.54) is 5.56 Å². The Hall–Kier alpha value is -3.08. The lowest BCUT2D eigenvalue weighted by atomic mass is 9.96. The summed E-state index contributed by atoms with van der Waals surface area (Å²) >= 11 is 0. The third-order valence-electron chi connectivity index (χ3n) is 4.39. The van der Waals surface area contributed by atoms with Crippen molar-refractivity contribution >= 4 is 5.91 Å². The van der Waals surface area contributed by atoms with Crippen LogP contribution >= 0.6 is 0 Å². The average molecular weight is 350 g/mol. The van der Waals surface area contributed by atoms with Crippen molar-refractivity contribution in [2.24, 2.45) is 0 Å². The van der Waals surface area contributed by atoms with E-state index in [2.05, 4.69) is 29.5 Å². The molecule has 1 amide bonds. The molecule has 1 N–H and O–H groups in total. The Morgan fingerprint density at radius 1 is 1.15 bits per heavy atom. The molecule has 1 heterocycles. The highest BCUT2D eigenvalue weighted by Crippen LogP contribution is 2.23. The fourth-order valence-corrected chi connectivity index (χ4v) is 2.80. The lowest BCUT2D eigenvalue weighted by Gasteiger charge is -2.15. The summed E-state index contributed by atoms with van der Waals surface area (Å²) in [7, 11) is 1.62. The molecule has 1 atom stereocenters. The predicted molar refractivity (Wildman–Crippen MR) is 100 cm³/mol. The zero-order chi connectivity index (χ0) is 18.4. The molecule has 0 spiro atoms. The Labute approximate surface area is 153 Å². The van der Waals surface area contributed by atoms with Crippen LogP contribution in [-0.2, 0) is 0 Å². The van der Waals surface area contributed by atoms with Crippen LogP contribution in [0, 0.1) is 0 Å². The molecule has 0 bridgehead atoms. The maximum Gasteiger partial charge on any atom is 0.273 e. The second-order valence-corrected chi connectivity index (χ2v) is 6.03. The Kier molecular flexibility index (Phi) is 5.69. The van der Waals surface area contributed by atoms with Crippen molar-refractivity contribution in [2.75, 3.05) is 13.7 Å². The van der Waals surface area contributed by atoms with Crippen molar-refractivity contribution in [3.05, 3.63) is 71.9 Å². The number of ether oxygens (including phenoxy) is 1. The first-order chi connectivity index (χ1) is 12.7. The number of carbonyl (C=O) groups excluding carboxylic acids is 1. The molecule has 2 aromatic carbocycles. The first-order valence-electron chi connectivity index (χ1n) is 8.65. The second-order valence-electron chi connectivity index (χ2n) is 6.03. The van der Waals surface area contributed by atoms with Crippen LogP contribution in [0.25, 0.3) is 11.3 Å². The number of benzene rings is 2. The van der Waals surface area contributed by atoms with Gasteiger partial charge in [0.05, 0.1) is 7.11 Å². The van der Waals surface area contributed by atoms with Crippen molar-refractivity contribution in [2.45, 2.75) is 19.3 Å². The number of rotatable bonds is 7. The first-order valence-corrected chi connectivity index (χ1v) is 8.65. The normalized spacial score (nSPS) is 11.8. The number of nitrogens with one attached hydrogen (secondary N) is 1. The third-order valence-corrected chi connectivity index (χ3v) is 4.39. The van der Waals surface area contributed by atoms with Crippen molar-refractivity contribution in [1.82, 2.24) is 10.5 Å². The number of hydrogen-bond donors (Lipinski definition) is 1. The van der Waals surface area contributed by atoms with E-state index in [1.807, 2.05) is 42.5 Å².